The van der Waals surface area contributed by atoms with Gasteiger partial charge in [-0.25, -0.2) is 13.8 Å². The van der Waals surface area contributed by atoms with Gasteiger partial charge in [0.15, 0.2) is 0 Å². The molecule has 0 spiro atoms. The van der Waals surface area contributed by atoms with Crippen LogP contribution in [0.2, 0.25) is 0 Å². The molecule has 3 rings (SSSR count). The second-order valence-corrected chi connectivity index (χ2v) is 5.44. The van der Waals surface area contributed by atoms with E-state index in [2.05, 4.69) is 20.5 Å². The molecule has 1 aromatic heterocycles. The summed E-state index contributed by atoms with van der Waals surface area (Å²) in [6.45, 7) is 0.798. The summed E-state index contributed by atoms with van der Waals surface area (Å²) < 4.78 is 31.8. The number of carbonyl (C=O) groups is 2. The van der Waals surface area contributed by atoms with E-state index in [1.807, 2.05) is 0 Å². The zero-order chi connectivity index (χ0) is 17.8. The van der Waals surface area contributed by atoms with Gasteiger partial charge in [-0.05, 0) is 12.1 Å². The van der Waals surface area contributed by atoms with Gasteiger partial charge in [-0.3, -0.25) is 14.7 Å². The minimum atomic E-state index is -0.872. The van der Waals surface area contributed by atoms with Crippen molar-refractivity contribution in [3.05, 3.63) is 42.0 Å². The SMILES string of the molecule is O=C(C[C@@H]1COCCN1C(=O)c1ncn[nH]1)Nc1ccc(F)cc1F. The Bertz CT molecular complexity index is 769. The highest BCUT2D eigenvalue weighted by atomic mass is 19.1. The highest BCUT2D eigenvalue weighted by Crippen LogP contribution is 2.17. The van der Waals surface area contributed by atoms with E-state index in [0.29, 0.717) is 19.2 Å². The van der Waals surface area contributed by atoms with Gasteiger partial charge in [0.1, 0.15) is 18.0 Å². The molecule has 1 saturated heterocycles. The molecule has 2 N–H and O–H groups in total. The van der Waals surface area contributed by atoms with Gasteiger partial charge in [0.05, 0.1) is 24.9 Å². The summed E-state index contributed by atoms with van der Waals surface area (Å²) in [6, 6.07) is 2.33. The van der Waals surface area contributed by atoms with E-state index in [1.54, 1.807) is 0 Å². The Labute approximate surface area is 141 Å². The highest BCUT2D eigenvalue weighted by molar-refractivity contribution is 5.93. The largest absolute Gasteiger partial charge is 0.377 e. The Morgan fingerprint density at radius 2 is 2.24 bits per heavy atom. The van der Waals surface area contributed by atoms with Crippen LogP contribution in [0.4, 0.5) is 14.5 Å². The molecule has 0 unspecified atom stereocenters. The fourth-order valence-electron chi connectivity index (χ4n) is 2.54. The number of nitrogens with one attached hydrogen (secondary N) is 2. The Hall–Kier alpha value is -2.88. The average molecular weight is 351 g/mol. The van der Waals surface area contributed by atoms with Gasteiger partial charge >= 0.3 is 0 Å². The second kappa shape index (κ2) is 7.34. The fraction of sp³-hybridized carbons (Fsp3) is 0.333. The summed E-state index contributed by atoms with van der Waals surface area (Å²) in [7, 11) is 0. The number of ether oxygens (including phenoxy) is 1. The molecule has 25 heavy (non-hydrogen) atoms. The number of rotatable bonds is 4. The Morgan fingerprint density at radius 1 is 1.40 bits per heavy atom. The maximum atomic E-state index is 13.6. The van der Waals surface area contributed by atoms with Crippen molar-refractivity contribution in [2.75, 3.05) is 25.1 Å². The number of H-pyrrole nitrogens is 1. The minimum absolute atomic E-state index is 0.0666. The van der Waals surface area contributed by atoms with Crippen molar-refractivity contribution < 1.29 is 23.1 Å². The number of aromatic nitrogens is 3. The molecule has 132 valence electrons. The summed E-state index contributed by atoms with van der Waals surface area (Å²) in [4.78, 5) is 29.8. The van der Waals surface area contributed by atoms with Gasteiger partial charge in [-0.15, -0.1) is 0 Å². The molecule has 0 radical (unpaired) electrons. The van der Waals surface area contributed by atoms with E-state index in [1.165, 1.54) is 11.2 Å². The van der Waals surface area contributed by atoms with Crippen LogP contribution >= 0.6 is 0 Å². The first-order chi connectivity index (χ1) is 12.0. The van der Waals surface area contributed by atoms with Crippen molar-refractivity contribution in [1.82, 2.24) is 20.1 Å². The lowest BCUT2D eigenvalue weighted by Gasteiger charge is -2.34. The lowest BCUT2D eigenvalue weighted by atomic mass is 10.1. The summed E-state index contributed by atoms with van der Waals surface area (Å²) in [5.74, 6) is -2.46. The zero-order valence-electron chi connectivity index (χ0n) is 13.0. The number of hydrogen-bond donors (Lipinski definition) is 2. The highest BCUT2D eigenvalue weighted by Gasteiger charge is 2.31. The molecule has 2 heterocycles. The number of nitrogens with zero attached hydrogens (tertiary/aromatic N) is 3. The van der Waals surface area contributed by atoms with Gasteiger partial charge in [0.2, 0.25) is 11.7 Å². The monoisotopic (exact) mass is 351 g/mol. The summed E-state index contributed by atoms with van der Waals surface area (Å²) in [5.41, 5.74) is -0.128. The van der Waals surface area contributed by atoms with Crippen LogP contribution in [0.1, 0.15) is 17.0 Å². The molecule has 1 aliphatic heterocycles. The predicted molar refractivity (Wildman–Crippen MR) is 81.6 cm³/mol. The molecular weight excluding hydrogens is 336 g/mol. The van der Waals surface area contributed by atoms with Crippen LogP contribution in [0.5, 0.6) is 0 Å². The zero-order valence-corrected chi connectivity index (χ0v) is 13.0. The molecule has 1 aromatic carbocycles. The van der Waals surface area contributed by atoms with E-state index >= 15 is 0 Å². The van der Waals surface area contributed by atoms with Crippen LogP contribution < -0.4 is 5.32 Å². The lowest BCUT2D eigenvalue weighted by Crippen LogP contribution is -2.50. The van der Waals surface area contributed by atoms with E-state index in [-0.39, 0.29) is 24.5 Å². The van der Waals surface area contributed by atoms with Crippen molar-refractivity contribution in [2.24, 2.45) is 0 Å². The van der Waals surface area contributed by atoms with Crippen molar-refractivity contribution in [3.8, 4) is 0 Å². The Kier molecular flexibility index (Phi) is 4.98. The van der Waals surface area contributed by atoms with Crippen LogP contribution in [0.3, 0.4) is 0 Å². The van der Waals surface area contributed by atoms with E-state index in [0.717, 1.165) is 12.1 Å². The van der Waals surface area contributed by atoms with E-state index in [4.69, 9.17) is 4.74 Å². The number of hydrogen-bond acceptors (Lipinski definition) is 5. The van der Waals surface area contributed by atoms with Gasteiger partial charge in [0.25, 0.3) is 5.91 Å². The minimum Gasteiger partial charge on any atom is -0.377 e. The molecule has 1 fully saturated rings. The first-order valence-corrected chi connectivity index (χ1v) is 7.53. The number of aromatic amines is 1. The smallest absolute Gasteiger partial charge is 0.291 e. The van der Waals surface area contributed by atoms with E-state index in [9.17, 15) is 18.4 Å². The molecule has 2 aromatic rings. The maximum Gasteiger partial charge on any atom is 0.291 e. The van der Waals surface area contributed by atoms with Crippen molar-refractivity contribution in [3.63, 3.8) is 0 Å². The van der Waals surface area contributed by atoms with Crippen LogP contribution in [0.25, 0.3) is 0 Å². The third-order valence-corrected chi connectivity index (χ3v) is 3.73. The molecule has 0 bridgehead atoms. The molecule has 0 saturated carbocycles. The second-order valence-electron chi connectivity index (χ2n) is 5.44. The molecule has 8 nitrogen and oxygen atoms in total. The third kappa shape index (κ3) is 3.97. The summed E-state index contributed by atoms with van der Waals surface area (Å²) in [6.07, 6.45) is 1.11. The third-order valence-electron chi connectivity index (χ3n) is 3.73. The van der Waals surface area contributed by atoms with E-state index < -0.39 is 29.5 Å². The first-order valence-electron chi connectivity index (χ1n) is 7.53. The quantitative estimate of drug-likeness (QED) is 0.854. The van der Waals surface area contributed by atoms with Gasteiger partial charge in [-0.2, -0.15) is 5.10 Å². The van der Waals surface area contributed by atoms with Gasteiger partial charge < -0.3 is 15.0 Å². The van der Waals surface area contributed by atoms with Crippen molar-refractivity contribution >= 4 is 17.5 Å². The van der Waals surface area contributed by atoms with Crippen molar-refractivity contribution in [2.45, 2.75) is 12.5 Å². The lowest BCUT2D eigenvalue weighted by molar-refractivity contribution is -0.118. The van der Waals surface area contributed by atoms with Crippen LogP contribution in [0, 0.1) is 11.6 Å². The number of benzene rings is 1. The first kappa shape index (κ1) is 17.0. The molecule has 1 atom stereocenters. The normalized spacial score (nSPS) is 17.4. The van der Waals surface area contributed by atoms with Gasteiger partial charge in [0, 0.05) is 19.0 Å². The summed E-state index contributed by atoms with van der Waals surface area (Å²) in [5, 5.41) is 8.48. The molecule has 2 amide bonds. The predicted octanol–water partition coefficient (Wildman–Crippen LogP) is 0.953. The standard InChI is InChI=1S/C15H15F2N5O3/c16-9-1-2-12(11(17)5-9)20-13(23)6-10-7-25-4-3-22(10)15(24)14-18-8-19-21-14/h1-2,5,8,10H,3-4,6-7H2,(H,20,23)(H,18,19,21)/t10-/m1/s1. The van der Waals surface area contributed by atoms with Crippen LogP contribution in [-0.2, 0) is 9.53 Å². The average Bonchev–Trinajstić information content (AvgIpc) is 3.12. The Balaban J connectivity index is 1.66. The fourth-order valence-corrected chi connectivity index (χ4v) is 2.54. The molecular formula is C15H15F2N5O3. The molecule has 10 heteroatoms. The Morgan fingerprint density at radius 3 is 2.96 bits per heavy atom. The van der Waals surface area contributed by atoms with Gasteiger partial charge in [-0.1, -0.05) is 0 Å². The number of morpholine rings is 1. The van der Waals surface area contributed by atoms with Crippen LogP contribution in [-0.4, -0.2) is 57.7 Å². The maximum absolute atomic E-state index is 13.6. The van der Waals surface area contributed by atoms with Crippen molar-refractivity contribution in [1.29, 1.82) is 0 Å². The number of carbonyl (C=O) groups excluding carboxylic acids is 2. The topological polar surface area (TPSA) is 100 Å². The summed E-state index contributed by atoms with van der Waals surface area (Å²) >= 11 is 0. The number of halogens is 2. The van der Waals surface area contributed by atoms with Crippen LogP contribution in [0.15, 0.2) is 24.5 Å². The molecule has 1 aliphatic rings. The number of amides is 2. The molecule has 0 aliphatic carbocycles. The number of anilines is 1.